The number of nitrogens with zero attached hydrogens (tertiary/aromatic N) is 1. The molecule has 1 N–H and O–H groups in total. The van der Waals surface area contributed by atoms with E-state index in [1.54, 1.807) is 0 Å². The molecular weight excluding hydrogens is 263 g/mol. The average Bonchev–Trinajstić information content (AvgIpc) is 2.00. The lowest BCUT2D eigenvalue weighted by Gasteiger charge is -2.40. The molecule has 0 aromatic carbocycles. The van der Waals surface area contributed by atoms with Crippen molar-refractivity contribution >= 4 is 27.6 Å². The predicted molar refractivity (Wildman–Crippen MR) is 50.2 cm³/mol. The fourth-order valence-electron chi connectivity index (χ4n) is 0.815. The summed E-state index contributed by atoms with van der Waals surface area (Å²) < 4.78 is 61.2. The van der Waals surface area contributed by atoms with Crippen molar-refractivity contribution in [2.24, 2.45) is 0 Å². The molecule has 0 radical (unpaired) electrons. The van der Waals surface area contributed by atoms with Crippen LogP contribution in [0.15, 0.2) is 17.2 Å². The maximum absolute atomic E-state index is 12.2. The topological polar surface area (TPSA) is 24.9 Å². The highest BCUT2D eigenvalue weighted by Crippen LogP contribution is 3.02. The molecule has 15 heavy (non-hydrogen) atoms. The molecule has 0 spiro atoms. The van der Waals surface area contributed by atoms with E-state index in [0.717, 1.165) is 0 Å². The van der Waals surface area contributed by atoms with Gasteiger partial charge in [-0.15, -0.1) is 0 Å². The van der Waals surface area contributed by atoms with E-state index < -0.39 is 20.1 Å². The Bertz CT molecular complexity index is 403. The molecule has 0 aliphatic carbocycles. The first-order chi connectivity index (χ1) is 6.44. The second-order valence-electron chi connectivity index (χ2n) is 2.72. The van der Waals surface area contributed by atoms with E-state index in [-0.39, 0.29) is 18.1 Å². The minimum absolute atomic E-state index is 0.0548. The quantitative estimate of drug-likeness (QED) is 0.803. The van der Waals surface area contributed by atoms with Gasteiger partial charge in [-0.1, -0.05) is 31.0 Å². The van der Waals surface area contributed by atoms with Gasteiger partial charge in [-0.25, -0.2) is 4.98 Å². The summed E-state index contributed by atoms with van der Waals surface area (Å²) in [5.74, 6) is -0.0951. The lowest BCUT2D eigenvalue weighted by molar-refractivity contribution is 0.363. The zero-order valence-electron chi connectivity index (χ0n) is 7.28. The third kappa shape index (κ3) is 2.85. The Morgan fingerprint density at radius 3 is 2.13 bits per heavy atom. The van der Waals surface area contributed by atoms with E-state index in [0.29, 0.717) is 0 Å². The number of nitrogens with one attached hydrogen (secondary N) is 1. The first-order valence-electron chi connectivity index (χ1n) is 3.51. The van der Waals surface area contributed by atoms with Crippen LogP contribution in [-0.2, 0) is 0 Å². The summed E-state index contributed by atoms with van der Waals surface area (Å²) in [6.07, 6.45) is 0.0548. The third-order valence-corrected chi connectivity index (χ3v) is 2.90. The number of hydrogen-bond donors (Lipinski definition) is 1. The van der Waals surface area contributed by atoms with Gasteiger partial charge in [0.15, 0.2) is 0 Å². The minimum atomic E-state index is -9.68. The van der Waals surface area contributed by atoms with Crippen LogP contribution in [0.4, 0.5) is 25.2 Å². The maximum atomic E-state index is 12.2. The van der Waals surface area contributed by atoms with Crippen molar-refractivity contribution in [1.82, 2.24) is 4.98 Å². The minimum Gasteiger partial charge on any atom is -0.372 e. The predicted octanol–water partition coefficient (Wildman–Crippen LogP) is 4.43. The van der Waals surface area contributed by atoms with Crippen molar-refractivity contribution in [2.75, 3.05) is 12.4 Å². The van der Waals surface area contributed by atoms with Gasteiger partial charge < -0.3 is 5.32 Å². The summed E-state index contributed by atoms with van der Waals surface area (Å²) in [6, 6.07) is 0.155. The van der Waals surface area contributed by atoms with Gasteiger partial charge in [0.1, 0.15) is 10.7 Å². The monoisotopic (exact) mass is 268 g/mol. The highest BCUT2D eigenvalue weighted by atomic mass is 35.5. The summed E-state index contributed by atoms with van der Waals surface area (Å²) in [4.78, 5) is 1.04. The molecule has 0 bridgehead atoms. The number of aromatic nitrogens is 1. The molecule has 1 heterocycles. The molecular formula is C6H6ClF5N2S. The van der Waals surface area contributed by atoms with E-state index in [2.05, 4.69) is 10.3 Å². The van der Waals surface area contributed by atoms with Gasteiger partial charge in [0, 0.05) is 7.05 Å². The van der Waals surface area contributed by atoms with Crippen LogP contribution in [0.1, 0.15) is 0 Å². The molecule has 1 rings (SSSR count). The Labute approximate surface area is 87.2 Å². The summed E-state index contributed by atoms with van der Waals surface area (Å²) in [7, 11) is -8.32. The second-order valence-corrected chi connectivity index (χ2v) is 5.54. The van der Waals surface area contributed by atoms with Crippen molar-refractivity contribution in [3.8, 4) is 0 Å². The number of hydrogen-bond acceptors (Lipinski definition) is 2. The molecule has 0 aliphatic rings. The largest absolute Gasteiger partial charge is 0.372 e. The normalized spacial score (nSPS) is 16.7. The van der Waals surface area contributed by atoms with Gasteiger partial charge in [0.05, 0.1) is 11.2 Å². The molecule has 9 heteroatoms. The van der Waals surface area contributed by atoms with E-state index >= 15 is 0 Å². The van der Waals surface area contributed by atoms with Crippen LogP contribution >= 0.6 is 21.8 Å². The molecule has 88 valence electrons. The van der Waals surface area contributed by atoms with Gasteiger partial charge in [-0.05, 0) is 6.07 Å². The molecule has 0 saturated heterocycles. The third-order valence-electron chi connectivity index (χ3n) is 1.50. The molecule has 0 atom stereocenters. The fourth-order valence-corrected chi connectivity index (χ4v) is 1.73. The molecule has 1 aromatic rings. The van der Waals surface area contributed by atoms with Crippen LogP contribution in [-0.4, -0.2) is 12.0 Å². The van der Waals surface area contributed by atoms with Crippen LogP contribution in [0.3, 0.4) is 0 Å². The molecule has 0 amide bonds. The second kappa shape index (κ2) is 2.67. The number of rotatable bonds is 2. The van der Waals surface area contributed by atoms with Gasteiger partial charge in [-0.2, -0.15) is 0 Å². The van der Waals surface area contributed by atoms with E-state index in [1.807, 2.05) is 0 Å². The van der Waals surface area contributed by atoms with Gasteiger partial charge >= 0.3 is 10.2 Å². The lowest BCUT2D eigenvalue weighted by Crippen LogP contribution is -2.07. The smallest absolute Gasteiger partial charge is 0.311 e. The highest BCUT2D eigenvalue weighted by molar-refractivity contribution is 8.45. The standard InChI is InChI=1S/C6H6ClF5N2S/c1-13-6-5(7)2-4(3-14-6)15(8,9,10,11)12/h2-3H,1H3,(H,13,14). The molecule has 0 unspecified atom stereocenters. The summed E-state index contributed by atoms with van der Waals surface area (Å²) in [6.45, 7) is 0. The Kier molecular flexibility index (Phi) is 2.19. The number of anilines is 1. The first-order valence-corrected chi connectivity index (χ1v) is 5.84. The first kappa shape index (κ1) is 12.3. The van der Waals surface area contributed by atoms with Crippen LogP contribution in [0.2, 0.25) is 5.02 Å². The van der Waals surface area contributed by atoms with Crippen LogP contribution in [0.5, 0.6) is 0 Å². The van der Waals surface area contributed by atoms with E-state index in [4.69, 9.17) is 11.6 Å². The zero-order valence-corrected chi connectivity index (χ0v) is 8.85. The summed E-state index contributed by atoms with van der Waals surface area (Å²) in [5.41, 5.74) is 0. The Hall–Kier alpha value is -0.760. The zero-order chi connectivity index (χ0) is 12.0. The van der Waals surface area contributed by atoms with Crippen molar-refractivity contribution in [3.05, 3.63) is 17.3 Å². The summed E-state index contributed by atoms with van der Waals surface area (Å²) in [5, 5.41) is 1.85. The van der Waals surface area contributed by atoms with Crippen molar-refractivity contribution in [1.29, 1.82) is 0 Å². The summed E-state index contributed by atoms with van der Waals surface area (Å²) >= 11 is 5.32. The van der Waals surface area contributed by atoms with Crippen LogP contribution < -0.4 is 5.32 Å². The Balaban J connectivity index is 3.39. The maximum Gasteiger partial charge on any atom is 0.311 e. The van der Waals surface area contributed by atoms with Gasteiger partial charge in [0.25, 0.3) is 0 Å². The number of halogens is 6. The fraction of sp³-hybridized carbons (Fsp3) is 0.167. The molecule has 1 aromatic heterocycles. The molecule has 2 nitrogen and oxygen atoms in total. The van der Waals surface area contributed by atoms with Crippen molar-refractivity contribution < 1.29 is 19.4 Å². The van der Waals surface area contributed by atoms with E-state index in [9.17, 15) is 19.4 Å². The SMILES string of the molecule is CNc1ncc(S(F)(F)(F)(F)F)cc1Cl. The van der Waals surface area contributed by atoms with Crippen molar-refractivity contribution in [2.45, 2.75) is 4.90 Å². The molecule has 0 saturated carbocycles. The molecule has 0 fully saturated rings. The molecule has 0 aliphatic heterocycles. The van der Waals surface area contributed by atoms with Gasteiger partial charge in [0.2, 0.25) is 0 Å². The number of pyridine rings is 1. The van der Waals surface area contributed by atoms with Gasteiger partial charge in [-0.3, -0.25) is 0 Å². The Morgan fingerprint density at radius 1 is 1.27 bits per heavy atom. The van der Waals surface area contributed by atoms with Crippen molar-refractivity contribution in [3.63, 3.8) is 0 Å². The van der Waals surface area contributed by atoms with Crippen LogP contribution in [0.25, 0.3) is 0 Å². The Morgan fingerprint density at radius 2 is 1.80 bits per heavy atom. The van der Waals surface area contributed by atoms with E-state index in [1.165, 1.54) is 7.05 Å². The lowest BCUT2D eigenvalue weighted by atomic mass is 10.4. The average molecular weight is 269 g/mol. The van der Waals surface area contributed by atoms with Crippen LogP contribution in [0, 0.1) is 0 Å². The highest BCUT2D eigenvalue weighted by Gasteiger charge is 2.65.